The molecular formula is C23H25FN4O2. The average Bonchev–Trinajstić information content (AvgIpc) is 3.08. The maximum absolute atomic E-state index is 14.2. The Kier molecular flexibility index (Phi) is 5.44. The molecule has 30 heavy (non-hydrogen) atoms. The standard InChI is InChI=1S/C23H25FN4O2/c1-14-18-11-15(12-26-22(29)16-5-4-10-28(13-16)23(25)30)8-9-20(18)27-21(14)17-6-2-3-7-19(17)24/h2-3,6-9,11,16,27H,4-5,10,12-13H2,1H3,(H2,25,30)(H,26,29). The summed E-state index contributed by atoms with van der Waals surface area (Å²) in [5.74, 6) is -0.576. The molecule has 156 valence electrons. The molecule has 0 aliphatic carbocycles. The molecule has 0 bridgehead atoms. The number of benzene rings is 2. The lowest BCUT2D eigenvalue weighted by Crippen LogP contribution is -2.47. The minimum atomic E-state index is -0.480. The lowest BCUT2D eigenvalue weighted by atomic mass is 9.97. The zero-order valence-electron chi connectivity index (χ0n) is 16.9. The number of amides is 3. The number of aromatic amines is 1. The molecule has 6 nitrogen and oxygen atoms in total. The summed E-state index contributed by atoms with van der Waals surface area (Å²) < 4.78 is 14.2. The van der Waals surface area contributed by atoms with E-state index < -0.39 is 6.03 Å². The maximum Gasteiger partial charge on any atom is 0.314 e. The Hall–Kier alpha value is -3.35. The van der Waals surface area contributed by atoms with Crippen LogP contribution in [0, 0.1) is 18.7 Å². The third-order valence-electron chi connectivity index (χ3n) is 5.84. The summed E-state index contributed by atoms with van der Waals surface area (Å²) in [6.45, 7) is 3.32. The van der Waals surface area contributed by atoms with Gasteiger partial charge in [0.1, 0.15) is 5.82 Å². The fourth-order valence-corrected chi connectivity index (χ4v) is 4.14. The van der Waals surface area contributed by atoms with E-state index in [1.54, 1.807) is 12.1 Å². The van der Waals surface area contributed by atoms with Crippen molar-refractivity contribution in [1.29, 1.82) is 0 Å². The highest BCUT2D eigenvalue weighted by Crippen LogP contribution is 2.31. The van der Waals surface area contributed by atoms with Crippen LogP contribution in [0.15, 0.2) is 42.5 Å². The van der Waals surface area contributed by atoms with Crippen molar-refractivity contribution in [2.45, 2.75) is 26.3 Å². The van der Waals surface area contributed by atoms with Crippen molar-refractivity contribution in [3.8, 4) is 11.3 Å². The van der Waals surface area contributed by atoms with Crippen LogP contribution >= 0.6 is 0 Å². The van der Waals surface area contributed by atoms with E-state index in [2.05, 4.69) is 10.3 Å². The number of nitrogens with two attached hydrogens (primary N) is 1. The van der Waals surface area contributed by atoms with E-state index in [4.69, 9.17) is 5.73 Å². The molecule has 1 atom stereocenters. The number of carbonyl (C=O) groups excluding carboxylic acids is 2. The fourth-order valence-electron chi connectivity index (χ4n) is 4.14. The van der Waals surface area contributed by atoms with Crippen molar-refractivity contribution < 1.29 is 14.0 Å². The fraction of sp³-hybridized carbons (Fsp3) is 0.304. The first-order valence-corrected chi connectivity index (χ1v) is 10.1. The quantitative estimate of drug-likeness (QED) is 0.614. The van der Waals surface area contributed by atoms with Gasteiger partial charge in [0.05, 0.1) is 11.6 Å². The van der Waals surface area contributed by atoms with Crippen LogP contribution in [0.25, 0.3) is 22.2 Å². The van der Waals surface area contributed by atoms with Crippen molar-refractivity contribution in [3.05, 3.63) is 59.4 Å². The summed E-state index contributed by atoms with van der Waals surface area (Å²) >= 11 is 0. The summed E-state index contributed by atoms with van der Waals surface area (Å²) in [5, 5.41) is 3.97. The molecule has 0 spiro atoms. The number of halogens is 1. The van der Waals surface area contributed by atoms with Gasteiger partial charge in [0.25, 0.3) is 0 Å². The van der Waals surface area contributed by atoms with E-state index in [1.807, 2.05) is 31.2 Å². The van der Waals surface area contributed by atoms with Crippen LogP contribution in [-0.2, 0) is 11.3 Å². The van der Waals surface area contributed by atoms with Gasteiger partial charge in [-0.05, 0) is 55.2 Å². The minimum Gasteiger partial charge on any atom is -0.354 e. The molecule has 2 aromatic carbocycles. The minimum absolute atomic E-state index is 0.0705. The maximum atomic E-state index is 14.2. The first-order valence-electron chi connectivity index (χ1n) is 10.1. The first-order chi connectivity index (χ1) is 14.4. The van der Waals surface area contributed by atoms with E-state index in [0.29, 0.717) is 25.2 Å². The molecule has 4 rings (SSSR count). The summed E-state index contributed by atoms with van der Waals surface area (Å²) in [5.41, 5.74) is 9.49. The number of aromatic nitrogens is 1. The number of aryl methyl sites for hydroxylation is 1. The molecule has 4 N–H and O–H groups in total. The van der Waals surface area contributed by atoms with Crippen LogP contribution in [0.1, 0.15) is 24.0 Å². The molecule has 0 saturated carbocycles. The van der Waals surface area contributed by atoms with Crippen LogP contribution in [0.3, 0.4) is 0 Å². The molecule has 1 fully saturated rings. The number of carbonyl (C=O) groups is 2. The Morgan fingerprint density at radius 3 is 2.83 bits per heavy atom. The molecule has 1 unspecified atom stereocenters. The van der Waals surface area contributed by atoms with Crippen molar-refractivity contribution in [2.75, 3.05) is 13.1 Å². The van der Waals surface area contributed by atoms with Gasteiger partial charge in [0, 0.05) is 36.1 Å². The van der Waals surface area contributed by atoms with Crippen LogP contribution in [0.2, 0.25) is 0 Å². The average molecular weight is 408 g/mol. The Morgan fingerprint density at radius 1 is 1.27 bits per heavy atom. The molecule has 1 saturated heterocycles. The van der Waals surface area contributed by atoms with Crippen LogP contribution in [0.5, 0.6) is 0 Å². The van der Waals surface area contributed by atoms with Gasteiger partial charge in [-0.1, -0.05) is 18.2 Å². The summed E-state index contributed by atoms with van der Waals surface area (Å²) in [6.07, 6.45) is 1.52. The number of primary amides is 1. The molecule has 2 heterocycles. The number of fused-ring (bicyclic) bond motifs is 1. The predicted molar refractivity (Wildman–Crippen MR) is 114 cm³/mol. The number of piperidine rings is 1. The molecule has 1 aliphatic heterocycles. The second kappa shape index (κ2) is 8.18. The van der Waals surface area contributed by atoms with Crippen LogP contribution < -0.4 is 11.1 Å². The van der Waals surface area contributed by atoms with E-state index in [1.165, 1.54) is 11.0 Å². The summed E-state index contributed by atoms with van der Waals surface area (Å²) in [7, 11) is 0. The molecule has 0 radical (unpaired) electrons. The van der Waals surface area contributed by atoms with E-state index in [0.717, 1.165) is 40.6 Å². The monoisotopic (exact) mass is 408 g/mol. The highest BCUT2D eigenvalue weighted by atomic mass is 19.1. The van der Waals surface area contributed by atoms with Crippen LogP contribution in [-0.4, -0.2) is 34.9 Å². The number of hydrogen-bond acceptors (Lipinski definition) is 2. The Morgan fingerprint density at radius 2 is 2.07 bits per heavy atom. The van der Waals surface area contributed by atoms with Crippen LogP contribution in [0.4, 0.5) is 9.18 Å². The third-order valence-corrected chi connectivity index (χ3v) is 5.84. The number of hydrogen-bond donors (Lipinski definition) is 3. The van der Waals surface area contributed by atoms with E-state index in [-0.39, 0.29) is 17.6 Å². The lowest BCUT2D eigenvalue weighted by Gasteiger charge is -2.30. The molecular weight excluding hydrogens is 383 g/mol. The number of likely N-dealkylation sites (tertiary alicyclic amines) is 1. The number of rotatable bonds is 4. The lowest BCUT2D eigenvalue weighted by molar-refractivity contribution is -0.126. The largest absolute Gasteiger partial charge is 0.354 e. The van der Waals surface area contributed by atoms with Gasteiger partial charge >= 0.3 is 6.03 Å². The summed E-state index contributed by atoms with van der Waals surface area (Å²) in [6, 6.07) is 12.1. The van der Waals surface area contributed by atoms with Gasteiger partial charge in [0.15, 0.2) is 0 Å². The normalized spacial score (nSPS) is 16.6. The topological polar surface area (TPSA) is 91.2 Å². The van der Waals surface area contributed by atoms with Crippen molar-refractivity contribution in [1.82, 2.24) is 15.2 Å². The Balaban J connectivity index is 1.49. The second-order valence-corrected chi connectivity index (χ2v) is 7.83. The molecule has 1 aliphatic rings. The number of H-pyrrole nitrogens is 1. The molecule has 7 heteroatoms. The second-order valence-electron chi connectivity index (χ2n) is 7.83. The van der Waals surface area contributed by atoms with E-state index >= 15 is 0 Å². The van der Waals surface area contributed by atoms with Crippen molar-refractivity contribution >= 4 is 22.8 Å². The molecule has 3 amide bonds. The predicted octanol–water partition coefficient (Wildman–Crippen LogP) is 3.69. The Labute approximate surface area is 174 Å². The smallest absolute Gasteiger partial charge is 0.314 e. The summed E-state index contributed by atoms with van der Waals surface area (Å²) in [4.78, 5) is 28.8. The highest BCUT2D eigenvalue weighted by molar-refractivity contribution is 5.91. The van der Waals surface area contributed by atoms with Crippen molar-refractivity contribution in [3.63, 3.8) is 0 Å². The van der Waals surface area contributed by atoms with Crippen molar-refractivity contribution in [2.24, 2.45) is 11.7 Å². The number of urea groups is 1. The zero-order valence-corrected chi connectivity index (χ0v) is 16.9. The third kappa shape index (κ3) is 3.87. The van der Waals surface area contributed by atoms with Gasteiger partial charge in [-0.3, -0.25) is 4.79 Å². The SMILES string of the molecule is Cc1c(-c2ccccc2F)[nH]c2ccc(CNC(=O)C3CCCN(C(N)=O)C3)cc12. The van der Waals surface area contributed by atoms with Gasteiger partial charge in [0.2, 0.25) is 5.91 Å². The number of nitrogens with one attached hydrogen (secondary N) is 2. The zero-order chi connectivity index (χ0) is 21.3. The van der Waals surface area contributed by atoms with Gasteiger partial charge in [-0.25, -0.2) is 9.18 Å². The van der Waals surface area contributed by atoms with Gasteiger partial charge in [-0.15, -0.1) is 0 Å². The first kappa shape index (κ1) is 19.9. The highest BCUT2D eigenvalue weighted by Gasteiger charge is 2.27. The Bertz CT molecular complexity index is 1110. The molecule has 3 aromatic rings. The van der Waals surface area contributed by atoms with E-state index in [9.17, 15) is 14.0 Å². The molecule has 1 aromatic heterocycles. The number of nitrogens with zero attached hydrogens (tertiary/aromatic N) is 1. The van der Waals surface area contributed by atoms with Gasteiger partial charge in [-0.2, -0.15) is 0 Å². The van der Waals surface area contributed by atoms with Gasteiger partial charge < -0.3 is 20.9 Å².